The zero-order valence-corrected chi connectivity index (χ0v) is 29.3. The summed E-state index contributed by atoms with van der Waals surface area (Å²) in [7, 11) is -1.99. The number of sulfonamides is 1. The average molecular weight is 677 g/mol. The molecule has 13 heteroatoms. The number of amides is 2. The summed E-state index contributed by atoms with van der Waals surface area (Å²) >= 11 is 0. The Morgan fingerprint density at radius 1 is 0.979 bits per heavy atom. The fourth-order valence-electron chi connectivity index (χ4n) is 6.44. The monoisotopic (exact) mass is 676 g/mol. The molecule has 0 bridgehead atoms. The minimum Gasteiger partial charge on any atom is -0.351 e. The van der Waals surface area contributed by atoms with Crippen molar-refractivity contribution in [2.75, 3.05) is 18.0 Å². The molecule has 2 aromatic heterocycles. The van der Waals surface area contributed by atoms with Crippen LogP contribution in [0.4, 0.5) is 5.69 Å². The van der Waals surface area contributed by atoms with Gasteiger partial charge in [-0.1, -0.05) is 63.3 Å². The van der Waals surface area contributed by atoms with Crippen LogP contribution in [0.25, 0.3) is 11.0 Å². The summed E-state index contributed by atoms with van der Waals surface area (Å²) in [4.78, 5) is 30.5. The molecule has 0 spiro atoms. The van der Waals surface area contributed by atoms with E-state index >= 15 is 0 Å². The number of unbranched alkanes of at least 4 members (excludes halogenated alkanes) is 2. The van der Waals surface area contributed by atoms with Crippen molar-refractivity contribution in [2.45, 2.75) is 102 Å². The molecule has 0 unspecified atom stereocenters. The van der Waals surface area contributed by atoms with E-state index in [2.05, 4.69) is 20.7 Å². The number of anilines is 1. The Bertz CT molecular complexity index is 1790. The lowest BCUT2D eigenvalue weighted by Gasteiger charge is -2.33. The highest BCUT2D eigenvalue weighted by molar-refractivity contribution is 7.89. The summed E-state index contributed by atoms with van der Waals surface area (Å²) < 4.78 is 32.3. The van der Waals surface area contributed by atoms with Gasteiger partial charge in [-0.2, -0.15) is 9.40 Å². The Balaban J connectivity index is 1.57. The first-order chi connectivity index (χ1) is 23.1. The van der Waals surface area contributed by atoms with Crippen LogP contribution in [0.1, 0.15) is 88.9 Å². The topological polar surface area (TPSA) is 135 Å². The number of carbonyl (C=O) groups excluding carboxylic acids is 2. The van der Waals surface area contributed by atoms with Crippen molar-refractivity contribution in [2.24, 2.45) is 7.05 Å². The third-order valence-corrected chi connectivity index (χ3v) is 11.0. The third kappa shape index (κ3) is 7.95. The molecule has 2 heterocycles. The summed E-state index contributed by atoms with van der Waals surface area (Å²) in [5.74, 6) is -0.711. The lowest BCUT2D eigenvalue weighted by atomic mass is 9.94. The van der Waals surface area contributed by atoms with Gasteiger partial charge in [-0.25, -0.2) is 13.1 Å². The zero-order chi connectivity index (χ0) is 34.3. The summed E-state index contributed by atoms with van der Waals surface area (Å²) in [5.41, 5.74) is 2.93. The van der Waals surface area contributed by atoms with E-state index in [1.165, 1.54) is 21.7 Å². The van der Waals surface area contributed by atoms with E-state index < -0.39 is 22.0 Å². The highest BCUT2D eigenvalue weighted by Crippen LogP contribution is 2.32. The van der Waals surface area contributed by atoms with Crippen molar-refractivity contribution in [3.8, 4) is 0 Å². The molecule has 12 nitrogen and oxygen atoms in total. The Morgan fingerprint density at radius 3 is 2.27 bits per heavy atom. The lowest BCUT2D eigenvalue weighted by Crippen LogP contribution is -2.48. The fourth-order valence-corrected chi connectivity index (χ4v) is 7.95. The molecule has 2 aromatic carbocycles. The molecule has 4 aromatic rings. The van der Waals surface area contributed by atoms with Gasteiger partial charge in [0.05, 0.1) is 16.1 Å². The van der Waals surface area contributed by atoms with Crippen LogP contribution in [0, 0.1) is 6.92 Å². The highest BCUT2D eigenvalue weighted by atomic mass is 32.2. The van der Waals surface area contributed by atoms with Crippen molar-refractivity contribution >= 4 is 38.6 Å². The fraction of sp³-hybridized carbons (Fsp3) is 0.514. The number of nitrogens with zero attached hydrogens (tertiary/aromatic N) is 7. The van der Waals surface area contributed by atoms with E-state index in [0.29, 0.717) is 41.1 Å². The van der Waals surface area contributed by atoms with Gasteiger partial charge in [0.1, 0.15) is 18.1 Å². The number of hydrogen-bond acceptors (Lipinski definition) is 7. The van der Waals surface area contributed by atoms with Crippen LogP contribution in [0.2, 0.25) is 0 Å². The quantitative estimate of drug-likeness (QED) is 0.181. The van der Waals surface area contributed by atoms with E-state index in [0.717, 1.165) is 57.8 Å². The summed E-state index contributed by atoms with van der Waals surface area (Å²) in [6.07, 6.45) is 10.0. The number of rotatable bonds is 15. The molecule has 1 saturated carbocycles. The number of carbonyl (C=O) groups is 2. The molecule has 1 fully saturated rings. The van der Waals surface area contributed by atoms with Gasteiger partial charge in [0, 0.05) is 43.6 Å². The van der Waals surface area contributed by atoms with Crippen LogP contribution >= 0.6 is 0 Å². The van der Waals surface area contributed by atoms with Crippen molar-refractivity contribution in [3.63, 3.8) is 0 Å². The Hall–Kier alpha value is -4.10. The van der Waals surface area contributed by atoms with E-state index in [-0.39, 0.29) is 23.4 Å². The van der Waals surface area contributed by atoms with Gasteiger partial charge >= 0.3 is 0 Å². The Kier molecular flexibility index (Phi) is 11.6. The normalized spacial score (nSPS) is 14.8. The van der Waals surface area contributed by atoms with Gasteiger partial charge in [0.2, 0.25) is 21.8 Å². The van der Waals surface area contributed by atoms with Gasteiger partial charge < -0.3 is 5.32 Å². The predicted molar refractivity (Wildman–Crippen MR) is 186 cm³/mol. The molecular formula is C35H48N8O4S. The maximum Gasteiger partial charge on any atom is 0.249 e. The van der Waals surface area contributed by atoms with Crippen LogP contribution in [0.3, 0.4) is 0 Å². The summed E-state index contributed by atoms with van der Waals surface area (Å²) in [5, 5.41) is 16.2. The van der Waals surface area contributed by atoms with E-state index in [1.807, 2.05) is 45.0 Å². The Labute approximate surface area is 283 Å². The molecule has 1 aliphatic rings. The smallest absolute Gasteiger partial charge is 0.249 e. The molecule has 1 N–H and O–H groups in total. The van der Waals surface area contributed by atoms with Crippen LogP contribution in [0.5, 0.6) is 0 Å². The van der Waals surface area contributed by atoms with Crippen LogP contribution < -0.4 is 10.2 Å². The molecule has 2 amide bonds. The van der Waals surface area contributed by atoms with Crippen molar-refractivity contribution in [1.82, 2.24) is 34.4 Å². The van der Waals surface area contributed by atoms with Crippen molar-refractivity contribution < 1.29 is 18.0 Å². The second-order valence-corrected chi connectivity index (χ2v) is 14.6. The first-order valence-electron chi connectivity index (χ1n) is 17.1. The number of aromatic nitrogens is 5. The standard InChI is InChI=1S/C35H48N8O4S/c1-5-7-22-41(23-8-6-2)48(46,47)29-20-18-28(19-21-29)43(33(44)25-42-32-17-13-12-16-31(32)37-39-42)34(30-24-40(4)38-26(30)3)35(45)36-27-14-10-9-11-15-27/h12-13,16-21,24,27,34H,5-11,14-15,22-23,25H2,1-4H3,(H,36,45)/t34-/m0/s1. The second-order valence-electron chi connectivity index (χ2n) is 12.7. The van der Waals surface area contributed by atoms with E-state index in [1.54, 1.807) is 34.4 Å². The molecular weight excluding hydrogens is 629 g/mol. The van der Waals surface area contributed by atoms with Gasteiger partial charge in [0.15, 0.2) is 0 Å². The number of benzene rings is 2. The first-order valence-corrected chi connectivity index (χ1v) is 18.6. The van der Waals surface area contributed by atoms with Crippen LogP contribution in [0.15, 0.2) is 59.6 Å². The highest BCUT2D eigenvalue weighted by Gasteiger charge is 2.37. The molecule has 258 valence electrons. The minimum absolute atomic E-state index is 0.00619. The van der Waals surface area contributed by atoms with Gasteiger partial charge in [-0.05, 0) is 69.0 Å². The molecule has 0 saturated heterocycles. The van der Waals surface area contributed by atoms with E-state index in [4.69, 9.17) is 0 Å². The summed E-state index contributed by atoms with van der Waals surface area (Å²) in [6, 6.07) is 12.6. The number of fused-ring (bicyclic) bond motifs is 1. The van der Waals surface area contributed by atoms with Crippen molar-refractivity contribution in [3.05, 3.63) is 66.0 Å². The zero-order valence-electron chi connectivity index (χ0n) is 28.5. The Morgan fingerprint density at radius 2 is 1.65 bits per heavy atom. The molecule has 0 aliphatic heterocycles. The van der Waals surface area contributed by atoms with Gasteiger partial charge in [-0.15, -0.1) is 5.10 Å². The van der Waals surface area contributed by atoms with E-state index in [9.17, 15) is 18.0 Å². The average Bonchev–Trinajstić information content (AvgIpc) is 3.64. The number of hydrogen-bond donors (Lipinski definition) is 1. The number of aryl methyl sites for hydroxylation is 2. The first kappa shape index (κ1) is 35.2. The maximum atomic E-state index is 14.5. The van der Waals surface area contributed by atoms with Gasteiger partial charge in [-0.3, -0.25) is 19.2 Å². The van der Waals surface area contributed by atoms with Crippen molar-refractivity contribution in [1.29, 1.82) is 0 Å². The minimum atomic E-state index is -3.77. The lowest BCUT2D eigenvalue weighted by molar-refractivity contribution is -0.127. The molecule has 1 atom stereocenters. The second kappa shape index (κ2) is 15.9. The SMILES string of the molecule is CCCCN(CCCC)S(=O)(=O)c1ccc(N(C(=O)Cn2nnc3ccccc32)[C@H](C(=O)NC2CCCCC2)c2cn(C)nc2C)cc1. The molecule has 48 heavy (non-hydrogen) atoms. The number of para-hydroxylation sites is 1. The molecule has 5 rings (SSSR count). The third-order valence-electron chi connectivity index (χ3n) is 9.05. The molecule has 1 aliphatic carbocycles. The molecule has 0 radical (unpaired) electrons. The summed E-state index contributed by atoms with van der Waals surface area (Å²) in [6.45, 7) is 6.60. The van der Waals surface area contributed by atoms with Crippen LogP contribution in [-0.4, -0.2) is 68.4 Å². The number of nitrogens with one attached hydrogen (secondary N) is 1. The van der Waals surface area contributed by atoms with Gasteiger partial charge in [0.25, 0.3) is 0 Å². The maximum absolute atomic E-state index is 14.5. The van der Waals surface area contributed by atoms with Crippen LogP contribution in [-0.2, 0) is 33.2 Å². The predicted octanol–water partition coefficient (Wildman–Crippen LogP) is 5.29. The largest absolute Gasteiger partial charge is 0.351 e.